The maximum absolute atomic E-state index is 11.1. The summed E-state index contributed by atoms with van der Waals surface area (Å²) in [6.45, 7) is 8.35. The summed E-state index contributed by atoms with van der Waals surface area (Å²) in [4.78, 5) is 14.1. The van der Waals surface area contributed by atoms with Crippen molar-refractivity contribution in [2.75, 3.05) is 6.54 Å². The van der Waals surface area contributed by atoms with Crippen molar-refractivity contribution in [2.24, 2.45) is 0 Å². The second kappa shape index (κ2) is 5.03. The van der Waals surface area contributed by atoms with Crippen LogP contribution in [0.15, 0.2) is 30.3 Å². The van der Waals surface area contributed by atoms with Gasteiger partial charge in [0.15, 0.2) is 0 Å². The Morgan fingerprint density at radius 1 is 1.50 bits per heavy atom. The van der Waals surface area contributed by atoms with E-state index in [4.69, 9.17) is 6.57 Å². The third-order valence-electron chi connectivity index (χ3n) is 1.90. The first-order chi connectivity index (χ1) is 6.74. The zero-order valence-corrected chi connectivity index (χ0v) is 8.03. The van der Waals surface area contributed by atoms with E-state index in [0.717, 1.165) is 5.56 Å². The molecule has 1 atom stereocenters. The van der Waals surface area contributed by atoms with Crippen LogP contribution in [0.25, 0.3) is 4.85 Å². The Hall–Kier alpha value is -1.82. The summed E-state index contributed by atoms with van der Waals surface area (Å²) in [5, 5.41) is 2.74. The fourth-order valence-electron chi connectivity index (χ4n) is 1.18. The van der Waals surface area contributed by atoms with Crippen LogP contribution in [0.1, 0.15) is 18.5 Å². The summed E-state index contributed by atoms with van der Waals surface area (Å²) in [6, 6.07) is 9.63. The molecule has 3 heteroatoms. The fraction of sp³-hybridized carbons (Fsp3) is 0.273. The molecule has 0 saturated heterocycles. The lowest BCUT2D eigenvalue weighted by Gasteiger charge is -2.11. The minimum absolute atomic E-state index is 0.0366. The number of hydrogen-bond donors (Lipinski definition) is 1. The molecule has 0 aromatic heterocycles. The first-order valence-corrected chi connectivity index (χ1v) is 4.41. The van der Waals surface area contributed by atoms with Gasteiger partial charge in [-0.05, 0) is 12.5 Å². The molecule has 14 heavy (non-hydrogen) atoms. The van der Waals surface area contributed by atoms with Crippen molar-refractivity contribution in [1.29, 1.82) is 0 Å². The number of hydrogen-bond acceptors (Lipinski definition) is 1. The minimum atomic E-state index is -0.226. The van der Waals surface area contributed by atoms with Gasteiger partial charge in [0.25, 0.3) is 6.54 Å². The van der Waals surface area contributed by atoms with Gasteiger partial charge in [0, 0.05) is 0 Å². The Morgan fingerprint density at radius 2 is 2.14 bits per heavy atom. The van der Waals surface area contributed by atoms with Crippen LogP contribution in [0, 0.1) is 6.57 Å². The van der Waals surface area contributed by atoms with Gasteiger partial charge in [0.05, 0.1) is 6.04 Å². The van der Waals surface area contributed by atoms with Gasteiger partial charge in [0.1, 0.15) is 0 Å². The number of carbonyl (C=O) groups excluding carboxylic acids is 1. The van der Waals surface area contributed by atoms with Gasteiger partial charge >= 0.3 is 5.91 Å². The van der Waals surface area contributed by atoms with Crippen LogP contribution in [-0.4, -0.2) is 12.5 Å². The van der Waals surface area contributed by atoms with Crippen molar-refractivity contribution < 1.29 is 4.79 Å². The molecule has 1 unspecified atom stereocenters. The third kappa shape index (κ3) is 2.91. The molecule has 1 aromatic carbocycles. The van der Waals surface area contributed by atoms with E-state index in [-0.39, 0.29) is 18.5 Å². The predicted molar refractivity (Wildman–Crippen MR) is 54.5 cm³/mol. The fourth-order valence-corrected chi connectivity index (χ4v) is 1.18. The molecule has 1 rings (SSSR count). The van der Waals surface area contributed by atoms with Crippen LogP contribution in [0.4, 0.5) is 0 Å². The molecular formula is C11H12N2O. The van der Waals surface area contributed by atoms with E-state index in [1.54, 1.807) is 0 Å². The van der Waals surface area contributed by atoms with E-state index >= 15 is 0 Å². The SMILES string of the molecule is [C-]#[N+]CC(=O)NC(C)c1ccccc1. The number of rotatable bonds is 3. The molecule has 72 valence electrons. The maximum Gasteiger partial charge on any atom is 0.300 e. The van der Waals surface area contributed by atoms with Gasteiger partial charge in [-0.25, -0.2) is 6.57 Å². The third-order valence-corrected chi connectivity index (χ3v) is 1.90. The minimum Gasteiger partial charge on any atom is -0.343 e. The topological polar surface area (TPSA) is 33.5 Å². The lowest BCUT2D eigenvalue weighted by molar-refractivity contribution is -0.119. The molecule has 0 fully saturated rings. The molecule has 0 saturated carbocycles. The van der Waals surface area contributed by atoms with E-state index in [9.17, 15) is 4.79 Å². The quantitative estimate of drug-likeness (QED) is 0.721. The van der Waals surface area contributed by atoms with Crippen LogP contribution in [-0.2, 0) is 4.79 Å². The van der Waals surface area contributed by atoms with Crippen molar-refractivity contribution in [2.45, 2.75) is 13.0 Å². The van der Waals surface area contributed by atoms with E-state index in [1.165, 1.54) is 0 Å². The Balaban J connectivity index is 2.56. The summed E-state index contributed by atoms with van der Waals surface area (Å²) < 4.78 is 0. The van der Waals surface area contributed by atoms with Gasteiger partial charge in [-0.1, -0.05) is 30.3 Å². The summed E-state index contributed by atoms with van der Waals surface area (Å²) >= 11 is 0. The molecule has 0 aliphatic carbocycles. The van der Waals surface area contributed by atoms with Crippen molar-refractivity contribution in [3.63, 3.8) is 0 Å². The summed E-state index contributed by atoms with van der Waals surface area (Å²) in [5.74, 6) is -0.226. The molecule has 1 aromatic rings. The van der Waals surface area contributed by atoms with E-state index in [0.29, 0.717) is 0 Å². The van der Waals surface area contributed by atoms with Crippen molar-refractivity contribution in [3.05, 3.63) is 47.3 Å². The molecule has 0 spiro atoms. The van der Waals surface area contributed by atoms with Crippen molar-refractivity contribution in [1.82, 2.24) is 5.32 Å². The first kappa shape index (κ1) is 10.3. The molecule has 0 aliphatic rings. The monoisotopic (exact) mass is 188 g/mol. The Bertz CT molecular complexity index is 340. The lowest BCUT2D eigenvalue weighted by atomic mass is 10.1. The Kier molecular flexibility index (Phi) is 3.69. The van der Waals surface area contributed by atoms with Crippen LogP contribution in [0.5, 0.6) is 0 Å². The molecule has 1 N–H and O–H groups in total. The number of carbonyl (C=O) groups is 1. The normalized spacial score (nSPS) is 11.4. The molecule has 3 nitrogen and oxygen atoms in total. The highest BCUT2D eigenvalue weighted by atomic mass is 16.1. The highest BCUT2D eigenvalue weighted by Crippen LogP contribution is 2.10. The van der Waals surface area contributed by atoms with Crippen LogP contribution in [0.2, 0.25) is 0 Å². The van der Waals surface area contributed by atoms with Gasteiger partial charge < -0.3 is 10.2 Å². The van der Waals surface area contributed by atoms with E-state index in [1.807, 2.05) is 37.3 Å². The molecule has 0 radical (unpaired) electrons. The number of nitrogens with zero attached hydrogens (tertiary/aromatic N) is 1. The standard InChI is InChI=1S/C11H12N2O/c1-9(13-11(14)8-12-2)10-6-4-3-5-7-10/h3-7,9H,8H2,1H3,(H,13,14). The second-order valence-corrected chi connectivity index (χ2v) is 3.02. The molecule has 1 amide bonds. The van der Waals surface area contributed by atoms with E-state index in [2.05, 4.69) is 10.2 Å². The molecule has 0 heterocycles. The summed E-state index contributed by atoms with van der Waals surface area (Å²) in [5.41, 5.74) is 1.05. The lowest BCUT2D eigenvalue weighted by Crippen LogP contribution is -2.28. The average molecular weight is 188 g/mol. The summed E-state index contributed by atoms with van der Waals surface area (Å²) in [6.07, 6.45) is 0. The van der Waals surface area contributed by atoms with E-state index < -0.39 is 0 Å². The second-order valence-electron chi connectivity index (χ2n) is 3.02. The molecule has 0 bridgehead atoms. The largest absolute Gasteiger partial charge is 0.343 e. The Labute approximate surface area is 83.6 Å². The van der Waals surface area contributed by atoms with Crippen LogP contribution < -0.4 is 5.32 Å². The zero-order valence-electron chi connectivity index (χ0n) is 8.03. The van der Waals surface area contributed by atoms with Gasteiger partial charge in [-0.15, -0.1) is 0 Å². The number of nitrogens with one attached hydrogen (secondary N) is 1. The number of benzene rings is 1. The Morgan fingerprint density at radius 3 is 2.71 bits per heavy atom. The molecular weight excluding hydrogens is 176 g/mol. The first-order valence-electron chi connectivity index (χ1n) is 4.41. The zero-order chi connectivity index (χ0) is 10.4. The highest BCUT2D eigenvalue weighted by Gasteiger charge is 2.09. The van der Waals surface area contributed by atoms with Gasteiger partial charge in [-0.2, -0.15) is 0 Å². The van der Waals surface area contributed by atoms with Gasteiger partial charge in [-0.3, -0.25) is 4.79 Å². The predicted octanol–water partition coefficient (Wildman–Crippen LogP) is 1.78. The van der Waals surface area contributed by atoms with Crippen LogP contribution >= 0.6 is 0 Å². The smallest absolute Gasteiger partial charge is 0.300 e. The van der Waals surface area contributed by atoms with Gasteiger partial charge in [0.2, 0.25) is 0 Å². The van der Waals surface area contributed by atoms with Crippen LogP contribution in [0.3, 0.4) is 0 Å². The summed E-state index contributed by atoms with van der Waals surface area (Å²) in [7, 11) is 0. The van der Waals surface area contributed by atoms with Crippen molar-refractivity contribution >= 4 is 5.91 Å². The van der Waals surface area contributed by atoms with Crippen molar-refractivity contribution in [3.8, 4) is 0 Å². The number of amides is 1. The average Bonchev–Trinajstić information content (AvgIpc) is 2.19. The maximum atomic E-state index is 11.1. The highest BCUT2D eigenvalue weighted by molar-refractivity contribution is 5.79. The molecule has 0 aliphatic heterocycles.